The number of aryl methyl sites for hydroxylation is 2. The molecule has 2 aromatic carbocycles. The molecule has 0 atom stereocenters. The highest BCUT2D eigenvalue weighted by atomic mass is 16.1. The van der Waals surface area contributed by atoms with E-state index in [4.69, 9.17) is 0 Å². The first kappa shape index (κ1) is 15.6. The number of hydrogen-bond acceptors (Lipinski definition) is 2. The molecular formula is C20H24N2O. The fourth-order valence-electron chi connectivity index (χ4n) is 3.09. The molecule has 3 nitrogen and oxygen atoms in total. The Morgan fingerprint density at radius 2 is 1.96 bits per heavy atom. The van der Waals surface area contributed by atoms with Crippen molar-refractivity contribution in [1.82, 2.24) is 0 Å². The summed E-state index contributed by atoms with van der Waals surface area (Å²) in [7, 11) is 0. The van der Waals surface area contributed by atoms with E-state index in [0.717, 1.165) is 31.6 Å². The zero-order valence-corrected chi connectivity index (χ0v) is 13.9. The summed E-state index contributed by atoms with van der Waals surface area (Å²) in [6.45, 7) is 6.33. The number of benzene rings is 2. The maximum absolute atomic E-state index is 12.2. The van der Waals surface area contributed by atoms with Crippen molar-refractivity contribution < 1.29 is 4.79 Å². The highest BCUT2D eigenvalue weighted by Crippen LogP contribution is 2.30. The van der Waals surface area contributed by atoms with Gasteiger partial charge in [-0.2, -0.15) is 0 Å². The zero-order valence-electron chi connectivity index (χ0n) is 13.9. The van der Waals surface area contributed by atoms with Crippen LogP contribution < -0.4 is 10.2 Å². The number of amides is 1. The van der Waals surface area contributed by atoms with Gasteiger partial charge in [0.1, 0.15) is 0 Å². The van der Waals surface area contributed by atoms with Gasteiger partial charge in [0, 0.05) is 30.9 Å². The molecule has 0 saturated heterocycles. The van der Waals surface area contributed by atoms with Crippen LogP contribution in [0.4, 0.5) is 11.4 Å². The van der Waals surface area contributed by atoms with Gasteiger partial charge in [0.05, 0.1) is 0 Å². The predicted octanol–water partition coefficient (Wildman–Crippen LogP) is 3.95. The third kappa shape index (κ3) is 3.73. The topological polar surface area (TPSA) is 32.3 Å². The van der Waals surface area contributed by atoms with Gasteiger partial charge in [-0.25, -0.2) is 0 Å². The van der Waals surface area contributed by atoms with E-state index in [1.807, 2.05) is 6.07 Å². The molecule has 0 aromatic heterocycles. The molecule has 1 amide bonds. The lowest BCUT2D eigenvalue weighted by Gasteiger charge is -2.17. The lowest BCUT2D eigenvalue weighted by Crippen LogP contribution is -2.19. The number of nitrogens with one attached hydrogen (secondary N) is 1. The van der Waals surface area contributed by atoms with E-state index in [0.29, 0.717) is 6.42 Å². The number of anilines is 2. The predicted molar refractivity (Wildman–Crippen MR) is 96.2 cm³/mol. The second kappa shape index (κ2) is 6.86. The van der Waals surface area contributed by atoms with Crippen molar-refractivity contribution in [3.05, 3.63) is 59.2 Å². The van der Waals surface area contributed by atoms with E-state index in [2.05, 4.69) is 60.5 Å². The number of nitrogens with zero attached hydrogens (tertiary/aromatic N) is 1. The lowest BCUT2D eigenvalue weighted by molar-refractivity contribution is -0.116. The summed E-state index contributed by atoms with van der Waals surface area (Å²) in [5.74, 6) is 0.0755. The van der Waals surface area contributed by atoms with Crippen LogP contribution >= 0.6 is 0 Å². The summed E-state index contributed by atoms with van der Waals surface area (Å²) in [6, 6.07) is 14.6. The largest absolute Gasteiger partial charge is 0.371 e. The monoisotopic (exact) mass is 308 g/mol. The Morgan fingerprint density at radius 1 is 1.17 bits per heavy atom. The molecule has 1 N–H and O–H groups in total. The number of fused-ring (bicyclic) bond motifs is 1. The highest BCUT2D eigenvalue weighted by molar-refractivity contribution is 5.91. The Balaban J connectivity index is 1.59. The summed E-state index contributed by atoms with van der Waals surface area (Å²) in [4.78, 5) is 14.5. The molecule has 1 aliphatic rings. The summed E-state index contributed by atoms with van der Waals surface area (Å²) < 4.78 is 0. The van der Waals surface area contributed by atoms with Crippen molar-refractivity contribution in [3.8, 4) is 0 Å². The van der Waals surface area contributed by atoms with Crippen LogP contribution in [0.2, 0.25) is 0 Å². The minimum atomic E-state index is 0.0755. The molecule has 0 aliphatic carbocycles. The standard InChI is InChI=1S/C20H24N2O/c1-3-22-13-12-17-9-10-18(14-19(17)22)21-20(23)11-8-16-6-4-15(2)5-7-16/h4-7,9-10,14H,3,8,11-13H2,1-2H3,(H,21,23). The molecule has 3 heteroatoms. The van der Waals surface area contributed by atoms with Crippen molar-refractivity contribution >= 4 is 17.3 Å². The maximum atomic E-state index is 12.2. The molecular weight excluding hydrogens is 284 g/mol. The number of rotatable bonds is 5. The summed E-state index contributed by atoms with van der Waals surface area (Å²) in [6.07, 6.45) is 2.39. The average Bonchev–Trinajstić information content (AvgIpc) is 2.96. The van der Waals surface area contributed by atoms with Crippen molar-refractivity contribution in [2.24, 2.45) is 0 Å². The average molecular weight is 308 g/mol. The molecule has 0 fully saturated rings. The minimum Gasteiger partial charge on any atom is -0.371 e. The van der Waals surface area contributed by atoms with Gasteiger partial charge in [0.25, 0.3) is 0 Å². The van der Waals surface area contributed by atoms with Crippen LogP contribution in [0.1, 0.15) is 30.0 Å². The molecule has 3 rings (SSSR count). The SMILES string of the molecule is CCN1CCc2ccc(NC(=O)CCc3ccc(C)cc3)cc21. The van der Waals surface area contributed by atoms with Crippen LogP contribution in [-0.4, -0.2) is 19.0 Å². The second-order valence-corrected chi connectivity index (χ2v) is 6.21. The molecule has 0 bridgehead atoms. The summed E-state index contributed by atoms with van der Waals surface area (Å²) in [5, 5.41) is 3.03. The second-order valence-electron chi connectivity index (χ2n) is 6.21. The molecule has 0 unspecified atom stereocenters. The van der Waals surface area contributed by atoms with Gasteiger partial charge in [-0.15, -0.1) is 0 Å². The Bertz CT molecular complexity index is 691. The lowest BCUT2D eigenvalue weighted by atomic mass is 10.1. The number of likely N-dealkylation sites (N-methyl/N-ethyl adjacent to an activating group) is 1. The first-order chi connectivity index (χ1) is 11.2. The van der Waals surface area contributed by atoms with E-state index in [1.54, 1.807) is 0 Å². The molecule has 120 valence electrons. The Hall–Kier alpha value is -2.29. The fourth-order valence-corrected chi connectivity index (χ4v) is 3.09. The molecule has 23 heavy (non-hydrogen) atoms. The molecule has 2 aromatic rings. The molecule has 0 saturated carbocycles. The van der Waals surface area contributed by atoms with Crippen LogP contribution in [0.15, 0.2) is 42.5 Å². The fraction of sp³-hybridized carbons (Fsp3) is 0.350. The van der Waals surface area contributed by atoms with E-state index in [1.165, 1.54) is 22.4 Å². The summed E-state index contributed by atoms with van der Waals surface area (Å²) in [5.41, 5.74) is 6.00. The Labute approximate surface area is 138 Å². The van der Waals surface area contributed by atoms with Crippen molar-refractivity contribution in [3.63, 3.8) is 0 Å². The Kier molecular flexibility index (Phi) is 4.65. The number of hydrogen-bond donors (Lipinski definition) is 1. The first-order valence-corrected chi connectivity index (χ1v) is 8.39. The quantitative estimate of drug-likeness (QED) is 0.907. The Morgan fingerprint density at radius 3 is 2.70 bits per heavy atom. The molecule has 1 aliphatic heterocycles. The van der Waals surface area contributed by atoms with Gasteiger partial charge in [-0.1, -0.05) is 35.9 Å². The maximum Gasteiger partial charge on any atom is 0.224 e. The normalized spacial score (nSPS) is 13.0. The van der Waals surface area contributed by atoms with Gasteiger partial charge in [-0.3, -0.25) is 4.79 Å². The van der Waals surface area contributed by atoms with E-state index < -0.39 is 0 Å². The van der Waals surface area contributed by atoms with Crippen LogP contribution in [0, 0.1) is 6.92 Å². The van der Waals surface area contributed by atoms with E-state index >= 15 is 0 Å². The third-order valence-electron chi connectivity index (χ3n) is 4.50. The van der Waals surface area contributed by atoms with Gasteiger partial charge >= 0.3 is 0 Å². The van der Waals surface area contributed by atoms with Gasteiger partial charge in [-0.05, 0) is 49.9 Å². The molecule has 1 heterocycles. The molecule has 0 radical (unpaired) electrons. The smallest absolute Gasteiger partial charge is 0.224 e. The summed E-state index contributed by atoms with van der Waals surface area (Å²) >= 11 is 0. The van der Waals surface area contributed by atoms with Gasteiger partial charge < -0.3 is 10.2 Å². The van der Waals surface area contributed by atoms with E-state index in [9.17, 15) is 4.79 Å². The minimum absolute atomic E-state index is 0.0755. The van der Waals surface area contributed by atoms with Crippen molar-refractivity contribution in [1.29, 1.82) is 0 Å². The van der Waals surface area contributed by atoms with Crippen molar-refractivity contribution in [2.75, 3.05) is 23.3 Å². The van der Waals surface area contributed by atoms with Gasteiger partial charge in [0.15, 0.2) is 0 Å². The number of carbonyl (C=O) groups is 1. The van der Waals surface area contributed by atoms with Crippen LogP contribution in [0.5, 0.6) is 0 Å². The van der Waals surface area contributed by atoms with Crippen LogP contribution in [0.25, 0.3) is 0 Å². The zero-order chi connectivity index (χ0) is 16.2. The van der Waals surface area contributed by atoms with Crippen molar-refractivity contribution in [2.45, 2.75) is 33.1 Å². The number of carbonyl (C=O) groups excluding carboxylic acids is 1. The molecule has 0 spiro atoms. The van der Waals surface area contributed by atoms with E-state index in [-0.39, 0.29) is 5.91 Å². The van der Waals surface area contributed by atoms with Crippen LogP contribution in [0.3, 0.4) is 0 Å². The van der Waals surface area contributed by atoms with Gasteiger partial charge in [0.2, 0.25) is 5.91 Å². The third-order valence-corrected chi connectivity index (χ3v) is 4.50. The van der Waals surface area contributed by atoms with Crippen LogP contribution in [-0.2, 0) is 17.6 Å². The highest BCUT2D eigenvalue weighted by Gasteiger charge is 2.18. The first-order valence-electron chi connectivity index (χ1n) is 8.39.